The van der Waals surface area contributed by atoms with Gasteiger partial charge >= 0.3 is 5.97 Å². The second kappa shape index (κ2) is 7.45. The number of esters is 1. The molecule has 0 aliphatic carbocycles. The Balaban J connectivity index is 2.29. The molecular formula is C19H17BrN2O2S. The first-order chi connectivity index (χ1) is 12.1. The van der Waals surface area contributed by atoms with Crippen molar-refractivity contribution >= 4 is 39.2 Å². The summed E-state index contributed by atoms with van der Waals surface area (Å²) in [6, 6.07) is 7.78. The minimum atomic E-state index is -0.404. The Bertz CT molecular complexity index is 899. The molecule has 3 rings (SSSR count). The van der Waals surface area contributed by atoms with Gasteiger partial charge in [-0.2, -0.15) is 5.10 Å². The minimum absolute atomic E-state index is 0.312. The number of rotatable bonds is 5. The smallest absolute Gasteiger partial charge is 0.359 e. The van der Waals surface area contributed by atoms with Gasteiger partial charge < -0.3 is 4.74 Å². The van der Waals surface area contributed by atoms with Crippen LogP contribution in [-0.2, 0) is 10.5 Å². The fraction of sp³-hybridized carbons (Fsp3) is 0.158. The standard InChI is InChI=1S/C19H17BrN2O2S/c1-4-14-16(5-2)25-11-15-17(19(23)24-6-3)21-22(18(14)15)13-9-7-8-12(20)10-13/h4-5,7-10H,1-2,6,11H2,3H3. The molecule has 6 heteroatoms. The van der Waals surface area contributed by atoms with Gasteiger partial charge in [-0.1, -0.05) is 47.3 Å². The lowest BCUT2D eigenvalue weighted by atomic mass is 10.1. The van der Waals surface area contributed by atoms with Crippen LogP contribution in [0, 0.1) is 0 Å². The van der Waals surface area contributed by atoms with Crippen LogP contribution in [0.5, 0.6) is 0 Å². The number of allylic oxidation sites excluding steroid dienone is 3. The Morgan fingerprint density at radius 2 is 2.24 bits per heavy atom. The Hall–Kier alpha value is -2.05. The van der Waals surface area contributed by atoms with E-state index in [0.29, 0.717) is 18.1 Å². The third kappa shape index (κ3) is 3.24. The Morgan fingerprint density at radius 3 is 2.88 bits per heavy atom. The summed E-state index contributed by atoms with van der Waals surface area (Å²) in [4.78, 5) is 13.4. The lowest BCUT2D eigenvalue weighted by Gasteiger charge is -2.18. The van der Waals surface area contributed by atoms with Gasteiger partial charge in [-0.15, -0.1) is 11.8 Å². The zero-order valence-electron chi connectivity index (χ0n) is 13.8. The van der Waals surface area contributed by atoms with Crippen LogP contribution in [0.4, 0.5) is 0 Å². The van der Waals surface area contributed by atoms with Gasteiger partial charge in [0.2, 0.25) is 0 Å². The first-order valence-corrected chi connectivity index (χ1v) is 9.55. The van der Waals surface area contributed by atoms with Gasteiger partial charge in [-0.3, -0.25) is 0 Å². The summed E-state index contributed by atoms with van der Waals surface area (Å²) in [6.07, 6.45) is 3.60. The quantitative estimate of drug-likeness (QED) is 0.632. The maximum atomic E-state index is 12.4. The largest absolute Gasteiger partial charge is 0.461 e. The molecule has 128 valence electrons. The van der Waals surface area contributed by atoms with Gasteiger partial charge in [-0.25, -0.2) is 9.48 Å². The van der Waals surface area contributed by atoms with Gasteiger partial charge in [0, 0.05) is 26.3 Å². The van der Waals surface area contributed by atoms with Gasteiger partial charge in [-0.05, 0) is 25.1 Å². The lowest BCUT2D eigenvalue weighted by molar-refractivity contribution is 0.0518. The first-order valence-electron chi connectivity index (χ1n) is 7.78. The molecule has 1 aromatic carbocycles. The molecule has 1 aliphatic heterocycles. The molecule has 4 nitrogen and oxygen atoms in total. The highest BCUT2D eigenvalue weighted by atomic mass is 79.9. The summed E-state index contributed by atoms with van der Waals surface area (Å²) < 4.78 is 7.91. The maximum Gasteiger partial charge on any atom is 0.359 e. The van der Waals surface area contributed by atoms with Crippen LogP contribution in [0.1, 0.15) is 28.7 Å². The van der Waals surface area contributed by atoms with E-state index in [1.165, 1.54) is 0 Å². The average molecular weight is 417 g/mol. The third-order valence-corrected chi connectivity index (χ3v) is 5.41. The van der Waals surface area contributed by atoms with E-state index in [1.54, 1.807) is 29.4 Å². The van der Waals surface area contributed by atoms with Crippen molar-refractivity contribution in [3.05, 3.63) is 75.9 Å². The molecule has 0 spiro atoms. The van der Waals surface area contributed by atoms with Crippen LogP contribution in [0.25, 0.3) is 11.3 Å². The number of benzene rings is 1. The Labute approximate surface area is 159 Å². The van der Waals surface area contributed by atoms with E-state index in [0.717, 1.165) is 31.9 Å². The molecule has 25 heavy (non-hydrogen) atoms. The molecular weight excluding hydrogens is 400 g/mol. The molecule has 0 atom stereocenters. The molecule has 2 heterocycles. The van der Waals surface area contributed by atoms with Crippen LogP contribution in [0.2, 0.25) is 0 Å². The van der Waals surface area contributed by atoms with Crippen molar-refractivity contribution in [3.8, 4) is 5.69 Å². The zero-order chi connectivity index (χ0) is 18.0. The van der Waals surface area contributed by atoms with Crippen LogP contribution >= 0.6 is 27.7 Å². The maximum absolute atomic E-state index is 12.4. The number of halogens is 1. The molecule has 0 saturated carbocycles. The third-order valence-electron chi connectivity index (χ3n) is 3.79. The predicted octanol–water partition coefficient (Wildman–Crippen LogP) is 5.14. The molecule has 0 saturated heterocycles. The highest BCUT2D eigenvalue weighted by Gasteiger charge is 2.29. The van der Waals surface area contributed by atoms with Crippen molar-refractivity contribution in [2.45, 2.75) is 12.7 Å². The van der Waals surface area contributed by atoms with E-state index in [1.807, 2.05) is 30.3 Å². The average Bonchev–Trinajstić information content (AvgIpc) is 3.01. The van der Waals surface area contributed by atoms with Crippen LogP contribution < -0.4 is 0 Å². The topological polar surface area (TPSA) is 44.1 Å². The number of nitrogens with zero attached hydrogens (tertiary/aromatic N) is 2. The molecule has 0 N–H and O–H groups in total. The number of ether oxygens (including phenoxy) is 1. The molecule has 2 aromatic rings. The summed E-state index contributed by atoms with van der Waals surface area (Å²) in [7, 11) is 0. The number of aromatic nitrogens is 2. The van der Waals surface area contributed by atoms with E-state index >= 15 is 0 Å². The number of hydrogen-bond acceptors (Lipinski definition) is 4. The Kier molecular flexibility index (Phi) is 5.30. The van der Waals surface area contributed by atoms with E-state index in [9.17, 15) is 4.79 Å². The fourth-order valence-corrected chi connectivity index (χ4v) is 4.15. The van der Waals surface area contributed by atoms with Crippen LogP contribution in [0.3, 0.4) is 0 Å². The highest BCUT2D eigenvalue weighted by Crippen LogP contribution is 2.41. The van der Waals surface area contributed by atoms with Crippen molar-refractivity contribution in [2.24, 2.45) is 0 Å². The molecule has 1 aliphatic rings. The number of carbonyl (C=O) groups excluding carboxylic acids is 1. The number of fused-ring (bicyclic) bond motifs is 1. The summed E-state index contributed by atoms with van der Waals surface area (Å²) in [5.74, 6) is 0.231. The predicted molar refractivity (Wildman–Crippen MR) is 106 cm³/mol. The van der Waals surface area contributed by atoms with Crippen LogP contribution in [0.15, 0.2) is 59.0 Å². The number of carbonyl (C=O) groups is 1. The minimum Gasteiger partial charge on any atom is -0.461 e. The van der Waals surface area contributed by atoms with Crippen molar-refractivity contribution < 1.29 is 9.53 Å². The molecule has 0 unspecified atom stereocenters. The zero-order valence-corrected chi connectivity index (χ0v) is 16.2. The SMILES string of the molecule is C=CC1=C(C=C)c2c(c(C(=O)OCC)nn2-c2cccc(Br)c2)CS1. The van der Waals surface area contributed by atoms with Gasteiger partial charge in [0.1, 0.15) is 0 Å². The summed E-state index contributed by atoms with van der Waals surface area (Å²) in [6.45, 7) is 9.93. The second-order valence-corrected chi connectivity index (χ2v) is 7.20. The van der Waals surface area contributed by atoms with Crippen molar-refractivity contribution in [1.82, 2.24) is 9.78 Å². The summed E-state index contributed by atoms with van der Waals surface area (Å²) in [5, 5.41) is 4.58. The lowest BCUT2D eigenvalue weighted by Crippen LogP contribution is -2.09. The van der Waals surface area contributed by atoms with Gasteiger partial charge in [0.25, 0.3) is 0 Å². The summed E-state index contributed by atoms with van der Waals surface area (Å²) >= 11 is 5.11. The van der Waals surface area contributed by atoms with E-state index in [-0.39, 0.29) is 0 Å². The normalized spacial score (nSPS) is 13.4. The molecule has 0 radical (unpaired) electrons. The van der Waals surface area contributed by atoms with Crippen molar-refractivity contribution in [3.63, 3.8) is 0 Å². The monoisotopic (exact) mass is 416 g/mol. The number of thioether (sulfide) groups is 1. The van der Waals surface area contributed by atoms with Gasteiger partial charge in [0.05, 0.1) is 18.0 Å². The van der Waals surface area contributed by atoms with Crippen LogP contribution in [-0.4, -0.2) is 22.4 Å². The van der Waals surface area contributed by atoms with E-state index in [2.05, 4.69) is 34.2 Å². The van der Waals surface area contributed by atoms with Crippen molar-refractivity contribution in [1.29, 1.82) is 0 Å². The van der Waals surface area contributed by atoms with E-state index < -0.39 is 5.97 Å². The first kappa shape index (κ1) is 17.8. The molecule has 0 fully saturated rings. The molecule has 1 aromatic heterocycles. The highest BCUT2D eigenvalue weighted by molar-refractivity contribution is 9.10. The van der Waals surface area contributed by atoms with E-state index in [4.69, 9.17) is 4.74 Å². The molecule has 0 bridgehead atoms. The van der Waals surface area contributed by atoms with Gasteiger partial charge in [0.15, 0.2) is 5.69 Å². The fourth-order valence-electron chi connectivity index (χ4n) is 2.73. The molecule has 0 amide bonds. The second-order valence-electron chi connectivity index (χ2n) is 5.26. The van der Waals surface area contributed by atoms with Crippen molar-refractivity contribution in [2.75, 3.05) is 6.61 Å². The summed E-state index contributed by atoms with van der Waals surface area (Å²) in [5.41, 5.74) is 3.86. The Morgan fingerprint density at radius 1 is 1.44 bits per heavy atom. The number of hydrogen-bond donors (Lipinski definition) is 0.